The lowest BCUT2D eigenvalue weighted by atomic mass is 10.1. The summed E-state index contributed by atoms with van der Waals surface area (Å²) < 4.78 is 16.1. The molecule has 0 aromatic heterocycles. The van der Waals surface area contributed by atoms with Gasteiger partial charge in [-0.1, -0.05) is 30.3 Å². The number of hydrogen-bond donors (Lipinski definition) is 1. The fourth-order valence-electron chi connectivity index (χ4n) is 2.77. The van der Waals surface area contributed by atoms with Crippen LogP contribution in [0.15, 0.2) is 30.3 Å². The minimum atomic E-state index is -0.544. The van der Waals surface area contributed by atoms with Crippen LogP contribution in [-0.4, -0.2) is 55.5 Å². The van der Waals surface area contributed by atoms with Crippen molar-refractivity contribution < 1.29 is 23.8 Å². The van der Waals surface area contributed by atoms with E-state index in [1.165, 1.54) is 0 Å². The number of carbonyl (C=O) groups is 2. The normalized spacial score (nSPS) is 19.9. The number of alkyl carbamates (subject to hydrolysis) is 1. The first-order valence-corrected chi connectivity index (χ1v) is 8.74. The van der Waals surface area contributed by atoms with Gasteiger partial charge < -0.3 is 24.4 Å². The molecule has 2 amide bonds. The van der Waals surface area contributed by atoms with Crippen LogP contribution in [0, 0.1) is 5.92 Å². The Bertz CT molecular complexity index is 600. The topological polar surface area (TPSA) is 77.1 Å². The zero-order valence-corrected chi connectivity index (χ0v) is 15.9. The molecule has 1 fully saturated rings. The number of likely N-dealkylation sites (tertiary alicyclic amines) is 1. The van der Waals surface area contributed by atoms with Crippen LogP contribution in [0.3, 0.4) is 0 Å². The molecule has 2 atom stereocenters. The van der Waals surface area contributed by atoms with Gasteiger partial charge in [0, 0.05) is 26.1 Å². The summed E-state index contributed by atoms with van der Waals surface area (Å²) in [5.74, 6) is -0.0169. The van der Waals surface area contributed by atoms with Gasteiger partial charge >= 0.3 is 12.2 Å². The van der Waals surface area contributed by atoms with Crippen LogP contribution in [0.2, 0.25) is 0 Å². The van der Waals surface area contributed by atoms with Crippen molar-refractivity contribution >= 4 is 12.2 Å². The van der Waals surface area contributed by atoms with Crippen LogP contribution in [-0.2, 0) is 20.8 Å². The molecule has 1 heterocycles. The second-order valence-electron chi connectivity index (χ2n) is 7.36. The van der Waals surface area contributed by atoms with Gasteiger partial charge in [-0.25, -0.2) is 9.59 Å². The van der Waals surface area contributed by atoms with Crippen LogP contribution in [0.1, 0.15) is 26.3 Å². The standard InChI is InChI=1S/C19H28N2O5/c1-19(2,3)26-18(23)21-11-15(16(12-21)24-4)10-20-17(22)25-13-14-8-6-5-7-9-14/h5-9,15-16H,10-13H2,1-4H3,(H,20,22)/t15-,16?/m0/s1. The van der Waals surface area contributed by atoms with E-state index in [4.69, 9.17) is 14.2 Å². The highest BCUT2D eigenvalue weighted by Gasteiger charge is 2.37. The van der Waals surface area contributed by atoms with E-state index in [1.807, 2.05) is 51.1 Å². The summed E-state index contributed by atoms with van der Waals surface area (Å²) in [7, 11) is 1.60. The maximum absolute atomic E-state index is 12.2. The van der Waals surface area contributed by atoms with Crippen molar-refractivity contribution in [3.63, 3.8) is 0 Å². The molecule has 0 saturated carbocycles. The van der Waals surface area contributed by atoms with E-state index in [0.29, 0.717) is 19.6 Å². The van der Waals surface area contributed by atoms with Crippen molar-refractivity contribution in [2.24, 2.45) is 5.92 Å². The summed E-state index contributed by atoms with van der Waals surface area (Å²) in [6.45, 7) is 6.98. The third-order valence-corrected chi connectivity index (χ3v) is 4.06. The zero-order chi connectivity index (χ0) is 19.2. The molecule has 1 N–H and O–H groups in total. The highest BCUT2D eigenvalue weighted by Crippen LogP contribution is 2.21. The van der Waals surface area contributed by atoms with Crippen LogP contribution >= 0.6 is 0 Å². The third-order valence-electron chi connectivity index (χ3n) is 4.06. The molecule has 0 radical (unpaired) electrons. The van der Waals surface area contributed by atoms with Crippen molar-refractivity contribution in [1.29, 1.82) is 0 Å². The zero-order valence-electron chi connectivity index (χ0n) is 15.9. The predicted molar refractivity (Wildman–Crippen MR) is 96.7 cm³/mol. The maximum Gasteiger partial charge on any atom is 0.410 e. The van der Waals surface area contributed by atoms with Crippen LogP contribution in [0.25, 0.3) is 0 Å². The van der Waals surface area contributed by atoms with E-state index in [-0.39, 0.29) is 24.7 Å². The average Bonchev–Trinajstić information content (AvgIpc) is 3.01. The number of hydrogen-bond acceptors (Lipinski definition) is 5. The first-order chi connectivity index (χ1) is 12.3. The summed E-state index contributed by atoms with van der Waals surface area (Å²) in [6.07, 6.45) is -1.01. The predicted octanol–water partition coefficient (Wildman–Crippen LogP) is 2.79. The van der Waals surface area contributed by atoms with Crippen molar-refractivity contribution in [3.05, 3.63) is 35.9 Å². The van der Waals surface area contributed by atoms with Gasteiger partial charge in [-0.15, -0.1) is 0 Å². The molecule has 0 aliphatic carbocycles. The molecule has 1 aromatic rings. The largest absolute Gasteiger partial charge is 0.445 e. The van der Waals surface area contributed by atoms with Crippen molar-refractivity contribution in [2.45, 2.75) is 39.1 Å². The minimum Gasteiger partial charge on any atom is -0.445 e. The molecule has 1 unspecified atom stereocenters. The number of methoxy groups -OCH3 is 1. The van der Waals surface area contributed by atoms with E-state index in [2.05, 4.69) is 5.32 Å². The Kier molecular flexibility index (Phi) is 6.85. The molecule has 1 aliphatic heterocycles. The Balaban J connectivity index is 1.78. The monoisotopic (exact) mass is 364 g/mol. The number of amides is 2. The fraction of sp³-hybridized carbons (Fsp3) is 0.579. The molecule has 1 saturated heterocycles. The molecular weight excluding hydrogens is 336 g/mol. The number of nitrogens with one attached hydrogen (secondary N) is 1. The minimum absolute atomic E-state index is 0.0169. The Hall–Kier alpha value is -2.28. The maximum atomic E-state index is 12.2. The molecule has 26 heavy (non-hydrogen) atoms. The average molecular weight is 364 g/mol. The number of ether oxygens (including phenoxy) is 3. The number of rotatable bonds is 5. The second-order valence-corrected chi connectivity index (χ2v) is 7.36. The van der Waals surface area contributed by atoms with E-state index in [0.717, 1.165) is 5.56 Å². The van der Waals surface area contributed by atoms with Crippen molar-refractivity contribution in [1.82, 2.24) is 10.2 Å². The molecular formula is C19H28N2O5. The van der Waals surface area contributed by atoms with Gasteiger partial charge in [0.2, 0.25) is 0 Å². The van der Waals surface area contributed by atoms with E-state index < -0.39 is 11.7 Å². The molecule has 2 rings (SSSR count). The summed E-state index contributed by atoms with van der Waals surface area (Å²) in [5.41, 5.74) is 0.381. The lowest BCUT2D eigenvalue weighted by molar-refractivity contribution is 0.0251. The molecule has 1 aromatic carbocycles. The summed E-state index contributed by atoms with van der Waals surface area (Å²) in [5, 5.41) is 2.75. The van der Waals surface area contributed by atoms with Gasteiger partial charge in [-0.3, -0.25) is 0 Å². The first-order valence-electron chi connectivity index (χ1n) is 8.74. The molecule has 0 bridgehead atoms. The van der Waals surface area contributed by atoms with Crippen molar-refractivity contribution in [2.75, 3.05) is 26.7 Å². The lowest BCUT2D eigenvalue weighted by Crippen LogP contribution is -2.36. The van der Waals surface area contributed by atoms with E-state index >= 15 is 0 Å². The quantitative estimate of drug-likeness (QED) is 0.869. The second kappa shape index (κ2) is 8.89. The van der Waals surface area contributed by atoms with Gasteiger partial charge in [-0.05, 0) is 26.3 Å². The number of nitrogens with zero attached hydrogens (tertiary/aromatic N) is 1. The summed E-state index contributed by atoms with van der Waals surface area (Å²) >= 11 is 0. The van der Waals surface area contributed by atoms with Crippen LogP contribution in [0.5, 0.6) is 0 Å². The van der Waals surface area contributed by atoms with Crippen LogP contribution < -0.4 is 5.32 Å². The molecule has 7 nitrogen and oxygen atoms in total. The van der Waals surface area contributed by atoms with E-state index in [9.17, 15) is 9.59 Å². The first kappa shape index (κ1) is 20.0. The Labute approximate surface area is 154 Å². The number of carbonyl (C=O) groups excluding carboxylic acids is 2. The smallest absolute Gasteiger partial charge is 0.410 e. The lowest BCUT2D eigenvalue weighted by Gasteiger charge is -2.24. The molecule has 144 valence electrons. The van der Waals surface area contributed by atoms with Gasteiger partial charge in [-0.2, -0.15) is 0 Å². The van der Waals surface area contributed by atoms with E-state index in [1.54, 1.807) is 12.0 Å². The Morgan fingerprint density at radius 3 is 2.50 bits per heavy atom. The van der Waals surface area contributed by atoms with Gasteiger partial charge in [0.05, 0.1) is 12.6 Å². The number of benzene rings is 1. The summed E-state index contributed by atoms with van der Waals surface area (Å²) in [4.78, 5) is 25.7. The Morgan fingerprint density at radius 1 is 1.19 bits per heavy atom. The highest BCUT2D eigenvalue weighted by molar-refractivity contribution is 5.69. The molecule has 0 spiro atoms. The molecule has 1 aliphatic rings. The van der Waals surface area contributed by atoms with Crippen molar-refractivity contribution in [3.8, 4) is 0 Å². The third kappa shape index (κ3) is 6.22. The van der Waals surface area contributed by atoms with Crippen LogP contribution in [0.4, 0.5) is 9.59 Å². The highest BCUT2D eigenvalue weighted by atomic mass is 16.6. The SMILES string of the molecule is COC1CN(C(=O)OC(C)(C)C)C[C@@H]1CNC(=O)OCc1ccccc1. The van der Waals surface area contributed by atoms with Gasteiger partial charge in [0.15, 0.2) is 0 Å². The fourth-order valence-corrected chi connectivity index (χ4v) is 2.77. The molecule has 7 heteroatoms. The Morgan fingerprint density at radius 2 is 1.88 bits per heavy atom. The summed E-state index contributed by atoms with van der Waals surface area (Å²) in [6, 6.07) is 9.48. The van der Waals surface area contributed by atoms with Gasteiger partial charge in [0.1, 0.15) is 12.2 Å². The van der Waals surface area contributed by atoms with Gasteiger partial charge in [0.25, 0.3) is 0 Å².